The van der Waals surface area contributed by atoms with E-state index in [2.05, 4.69) is 26.1 Å². The zero-order chi connectivity index (χ0) is 15.1. The second-order valence-corrected chi connectivity index (χ2v) is 8.42. The highest BCUT2D eigenvalue weighted by Gasteiger charge is 2.56. The molecule has 2 aliphatic carbocycles. The molecule has 116 valence electrons. The molecule has 0 aliphatic heterocycles. The second kappa shape index (κ2) is 5.08. The zero-order valence-electron chi connectivity index (χ0n) is 13.6. The van der Waals surface area contributed by atoms with Crippen LogP contribution in [-0.4, -0.2) is 12.1 Å². The van der Waals surface area contributed by atoms with E-state index in [1.165, 1.54) is 25.7 Å². The maximum Gasteiger partial charge on any atom is 0.127 e. The molecule has 2 aliphatic rings. The van der Waals surface area contributed by atoms with Crippen LogP contribution in [0.15, 0.2) is 24.3 Å². The molecule has 1 nitrogen and oxygen atoms in total. The molecule has 21 heavy (non-hydrogen) atoms. The average Bonchev–Trinajstić information content (AvgIpc) is 2.83. The van der Waals surface area contributed by atoms with Crippen molar-refractivity contribution < 1.29 is 4.39 Å². The van der Waals surface area contributed by atoms with Gasteiger partial charge in [-0.15, -0.1) is 0 Å². The third-order valence-electron chi connectivity index (χ3n) is 5.49. The summed E-state index contributed by atoms with van der Waals surface area (Å²) in [6, 6.07) is 7.40. The van der Waals surface area contributed by atoms with E-state index in [-0.39, 0.29) is 16.8 Å². The first kappa shape index (κ1) is 15.0. The van der Waals surface area contributed by atoms with E-state index in [0.717, 1.165) is 24.9 Å². The predicted octanol–water partition coefficient (Wildman–Crippen LogP) is 4.81. The van der Waals surface area contributed by atoms with E-state index in [9.17, 15) is 4.39 Å². The van der Waals surface area contributed by atoms with Crippen molar-refractivity contribution in [3.8, 4) is 0 Å². The van der Waals surface area contributed by atoms with Crippen molar-refractivity contribution in [3.05, 3.63) is 35.6 Å². The molecule has 0 heterocycles. The van der Waals surface area contributed by atoms with Gasteiger partial charge in [-0.3, -0.25) is 0 Å². The summed E-state index contributed by atoms with van der Waals surface area (Å²) in [7, 11) is 0. The maximum atomic E-state index is 14.4. The van der Waals surface area contributed by atoms with Crippen LogP contribution in [0.2, 0.25) is 0 Å². The highest BCUT2D eigenvalue weighted by molar-refractivity contribution is 5.33. The summed E-state index contributed by atoms with van der Waals surface area (Å²) in [5.41, 5.74) is 1.53. The Balaban J connectivity index is 1.84. The van der Waals surface area contributed by atoms with Crippen LogP contribution < -0.4 is 5.32 Å². The number of hydrogen-bond acceptors (Lipinski definition) is 1. The van der Waals surface area contributed by atoms with Crippen LogP contribution in [0.1, 0.15) is 64.9 Å². The fourth-order valence-electron chi connectivity index (χ4n) is 4.60. The van der Waals surface area contributed by atoms with Crippen LogP contribution in [0.5, 0.6) is 0 Å². The highest BCUT2D eigenvalue weighted by atomic mass is 19.1. The van der Waals surface area contributed by atoms with Gasteiger partial charge in [0.05, 0.1) is 0 Å². The lowest BCUT2D eigenvalue weighted by Crippen LogP contribution is -2.56. The standard InChI is InChI=1S/C19H28FN/c1-17(2,3)21-14-19(15-8-4-5-9-16(15)20)12-18(13-19)10-6-7-11-18/h4-5,8-9,21H,6-7,10-14H2,1-3H3. The van der Waals surface area contributed by atoms with Crippen LogP contribution in [0, 0.1) is 11.2 Å². The van der Waals surface area contributed by atoms with Gasteiger partial charge in [-0.05, 0) is 63.5 Å². The first-order valence-corrected chi connectivity index (χ1v) is 8.34. The van der Waals surface area contributed by atoms with Crippen molar-refractivity contribution in [1.82, 2.24) is 5.32 Å². The number of rotatable bonds is 3. The van der Waals surface area contributed by atoms with Crippen LogP contribution in [-0.2, 0) is 5.41 Å². The number of benzene rings is 1. The summed E-state index contributed by atoms with van der Waals surface area (Å²) < 4.78 is 14.4. The van der Waals surface area contributed by atoms with Crippen molar-refractivity contribution >= 4 is 0 Å². The van der Waals surface area contributed by atoms with Crippen molar-refractivity contribution in [2.45, 2.75) is 70.3 Å². The Labute approximate surface area is 128 Å². The van der Waals surface area contributed by atoms with Gasteiger partial charge in [-0.2, -0.15) is 0 Å². The van der Waals surface area contributed by atoms with Crippen LogP contribution in [0.25, 0.3) is 0 Å². The molecule has 1 spiro atoms. The smallest absolute Gasteiger partial charge is 0.127 e. The summed E-state index contributed by atoms with van der Waals surface area (Å²) in [6.45, 7) is 7.45. The molecule has 3 rings (SSSR count). The minimum atomic E-state index is -0.0268. The largest absolute Gasteiger partial charge is 0.311 e. The lowest BCUT2D eigenvalue weighted by Gasteiger charge is -2.56. The maximum absolute atomic E-state index is 14.4. The molecule has 0 bridgehead atoms. The minimum absolute atomic E-state index is 0.00294. The van der Waals surface area contributed by atoms with Crippen LogP contribution >= 0.6 is 0 Å². The quantitative estimate of drug-likeness (QED) is 0.842. The fraction of sp³-hybridized carbons (Fsp3) is 0.684. The van der Waals surface area contributed by atoms with Gasteiger partial charge >= 0.3 is 0 Å². The molecule has 2 fully saturated rings. The first-order chi connectivity index (χ1) is 9.84. The average molecular weight is 289 g/mol. The van der Waals surface area contributed by atoms with Gasteiger partial charge in [0.1, 0.15) is 5.82 Å². The highest BCUT2D eigenvalue weighted by Crippen LogP contribution is 2.63. The number of halogens is 1. The minimum Gasteiger partial charge on any atom is -0.311 e. The normalized spacial score (nSPS) is 23.2. The Morgan fingerprint density at radius 1 is 1.10 bits per heavy atom. The fourth-order valence-corrected chi connectivity index (χ4v) is 4.60. The van der Waals surface area contributed by atoms with E-state index >= 15 is 0 Å². The Hall–Kier alpha value is -0.890. The molecule has 0 aromatic heterocycles. The zero-order valence-corrected chi connectivity index (χ0v) is 13.6. The second-order valence-electron chi connectivity index (χ2n) is 8.42. The monoisotopic (exact) mass is 289 g/mol. The molecule has 0 saturated heterocycles. The third-order valence-corrected chi connectivity index (χ3v) is 5.49. The molecule has 0 radical (unpaired) electrons. The molecular formula is C19H28FN. The summed E-state index contributed by atoms with van der Waals surface area (Å²) in [4.78, 5) is 0. The predicted molar refractivity (Wildman–Crippen MR) is 86.0 cm³/mol. The van der Waals surface area contributed by atoms with Crippen molar-refractivity contribution in [1.29, 1.82) is 0 Å². The van der Waals surface area contributed by atoms with E-state index in [1.54, 1.807) is 12.1 Å². The van der Waals surface area contributed by atoms with Crippen LogP contribution in [0.4, 0.5) is 4.39 Å². The summed E-state index contributed by atoms with van der Waals surface area (Å²) in [6.07, 6.45) is 7.73. The number of nitrogens with one attached hydrogen (secondary N) is 1. The molecule has 1 aromatic carbocycles. The summed E-state index contributed by atoms with van der Waals surface area (Å²) in [5.74, 6) is -0.0268. The Morgan fingerprint density at radius 3 is 2.29 bits per heavy atom. The van der Waals surface area contributed by atoms with Gasteiger partial charge in [0.25, 0.3) is 0 Å². The molecule has 1 N–H and O–H groups in total. The molecule has 0 amide bonds. The Morgan fingerprint density at radius 2 is 1.71 bits per heavy atom. The summed E-state index contributed by atoms with van der Waals surface area (Å²) >= 11 is 0. The summed E-state index contributed by atoms with van der Waals surface area (Å²) in [5, 5.41) is 3.63. The van der Waals surface area contributed by atoms with Gasteiger partial charge in [0.15, 0.2) is 0 Å². The topological polar surface area (TPSA) is 12.0 Å². The lowest BCUT2D eigenvalue weighted by atomic mass is 9.49. The molecular weight excluding hydrogens is 261 g/mol. The van der Waals surface area contributed by atoms with E-state index in [1.807, 2.05) is 12.1 Å². The van der Waals surface area contributed by atoms with Gasteiger partial charge < -0.3 is 5.32 Å². The Kier molecular flexibility index (Phi) is 3.64. The molecule has 1 aromatic rings. The van der Waals surface area contributed by atoms with E-state index < -0.39 is 0 Å². The van der Waals surface area contributed by atoms with Gasteiger partial charge in [-0.25, -0.2) is 4.39 Å². The van der Waals surface area contributed by atoms with E-state index in [0.29, 0.717) is 5.41 Å². The third kappa shape index (κ3) is 2.88. The molecule has 2 saturated carbocycles. The first-order valence-electron chi connectivity index (χ1n) is 8.34. The van der Waals surface area contributed by atoms with Crippen LogP contribution in [0.3, 0.4) is 0 Å². The van der Waals surface area contributed by atoms with Gasteiger partial charge in [-0.1, -0.05) is 31.0 Å². The molecule has 0 unspecified atom stereocenters. The van der Waals surface area contributed by atoms with E-state index in [4.69, 9.17) is 0 Å². The van der Waals surface area contributed by atoms with Crippen molar-refractivity contribution in [3.63, 3.8) is 0 Å². The number of hydrogen-bond donors (Lipinski definition) is 1. The van der Waals surface area contributed by atoms with Crippen molar-refractivity contribution in [2.75, 3.05) is 6.54 Å². The lowest BCUT2D eigenvalue weighted by molar-refractivity contribution is 0.0208. The Bertz CT molecular complexity index is 501. The van der Waals surface area contributed by atoms with Gasteiger partial charge in [0.2, 0.25) is 0 Å². The molecule has 2 heteroatoms. The molecule has 0 atom stereocenters. The van der Waals surface area contributed by atoms with Crippen molar-refractivity contribution in [2.24, 2.45) is 5.41 Å². The SMILES string of the molecule is CC(C)(C)NCC1(c2ccccc2F)CC2(CCCC2)C1. The van der Waals surface area contributed by atoms with Gasteiger partial charge in [0, 0.05) is 17.5 Å².